The van der Waals surface area contributed by atoms with Crippen LogP contribution in [0.4, 0.5) is 0 Å². The van der Waals surface area contributed by atoms with Gasteiger partial charge in [-0.1, -0.05) is 48.5 Å². The molecule has 4 nitrogen and oxygen atoms in total. The van der Waals surface area contributed by atoms with Gasteiger partial charge in [0, 0.05) is 12.0 Å². The lowest BCUT2D eigenvalue weighted by atomic mass is 9.73. The fourth-order valence-corrected chi connectivity index (χ4v) is 3.36. The zero-order chi connectivity index (χ0) is 14.6. The van der Waals surface area contributed by atoms with Crippen LogP contribution in [0.5, 0.6) is 0 Å². The van der Waals surface area contributed by atoms with Gasteiger partial charge in [-0.15, -0.1) is 0 Å². The Bertz CT molecular complexity index is 796. The van der Waals surface area contributed by atoms with Crippen LogP contribution in [0.25, 0.3) is 11.1 Å². The summed E-state index contributed by atoms with van der Waals surface area (Å²) in [6, 6.07) is 14.4. The maximum atomic E-state index is 11.3. The van der Waals surface area contributed by atoms with Gasteiger partial charge in [0.15, 0.2) is 6.04 Å². The number of hydrogen-bond donors (Lipinski definition) is 2. The van der Waals surface area contributed by atoms with Crippen molar-refractivity contribution in [2.45, 2.75) is 18.1 Å². The van der Waals surface area contributed by atoms with Crippen molar-refractivity contribution < 1.29 is 15.0 Å². The lowest BCUT2D eigenvalue weighted by Crippen LogP contribution is -2.37. The standard InChI is InChI=1S/C17H13NO3/c19-16(20)14-9-17(21)13-8-4-3-6-11(13)10-5-1-2-7-12(10)15(17)18-14/h1-8,14,21H,9H2,(H,19,20)/t14-,17-/m0/s1. The van der Waals surface area contributed by atoms with Crippen molar-refractivity contribution in [3.8, 4) is 11.1 Å². The molecule has 104 valence electrons. The Hall–Kier alpha value is -2.46. The van der Waals surface area contributed by atoms with E-state index in [9.17, 15) is 15.0 Å². The molecule has 0 unspecified atom stereocenters. The molecule has 1 aliphatic carbocycles. The number of carboxylic acids is 1. The second-order valence-electron chi connectivity index (χ2n) is 5.49. The van der Waals surface area contributed by atoms with Crippen molar-refractivity contribution >= 4 is 11.7 Å². The van der Waals surface area contributed by atoms with Crippen LogP contribution in [-0.2, 0) is 10.4 Å². The van der Waals surface area contributed by atoms with Gasteiger partial charge < -0.3 is 10.2 Å². The van der Waals surface area contributed by atoms with E-state index in [-0.39, 0.29) is 6.42 Å². The van der Waals surface area contributed by atoms with Crippen molar-refractivity contribution in [2.24, 2.45) is 4.99 Å². The fourth-order valence-electron chi connectivity index (χ4n) is 3.36. The molecule has 0 amide bonds. The Labute approximate surface area is 121 Å². The molecule has 1 heterocycles. The highest BCUT2D eigenvalue weighted by molar-refractivity contribution is 6.16. The number of hydrogen-bond acceptors (Lipinski definition) is 3. The number of benzene rings is 2. The van der Waals surface area contributed by atoms with Crippen molar-refractivity contribution in [3.05, 3.63) is 59.7 Å². The summed E-state index contributed by atoms with van der Waals surface area (Å²) in [6.07, 6.45) is 0.0863. The lowest BCUT2D eigenvalue weighted by Gasteiger charge is -2.33. The van der Waals surface area contributed by atoms with Gasteiger partial charge in [0.1, 0.15) is 5.60 Å². The molecule has 4 heteroatoms. The molecule has 0 bridgehead atoms. The van der Waals surface area contributed by atoms with Crippen LogP contribution < -0.4 is 0 Å². The van der Waals surface area contributed by atoms with Gasteiger partial charge in [0.05, 0.1) is 5.71 Å². The van der Waals surface area contributed by atoms with E-state index in [4.69, 9.17) is 0 Å². The molecule has 0 saturated heterocycles. The molecule has 2 aliphatic rings. The van der Waals surface area contributed by atoms with E-state index in [0.29, 0.717) is 5.71 Å². The molecule has 0 saturated carbocycles. The third kappa shape index (κ3) is 1.53. The first-order valence-corrected chi connectivity index (χ1v) is 6.84. The molecule has 0 aromatic heterocycles. The Morgan fingerprint density at radius 2 is 1.67 bits per heavy atom. The van der Waals surface area contributed by atoms with Crippen LogP contribution >= 0.6 is 0 Å². The van der Waals surface area contributed by atoms with E-state index in [1.807, 2.05) is 48.5 Å². The molecule has 0 spiro atoms. The van der Waals surface area contributed by atoms with E-state index >= 15 is 0 Å². The number of aliphatic carboxylic acids is 1. The highest BCUT2D eigenvalue weighted by Gasteiger charge is 2.49. The maximum absolute atomic E-state index is 11.3. The maximum Gasteiger partial charge on any atom is 0.328 e. The Kier molecular flexibility index (Phi) is 2.35. The minimum Gasteiger partial charge on any atom is -0.480 e. The highest BCUT2D eigenvalue weighted by Crippen LogP contribution is 2.47. The molecular weight excluding hydrogens is 266 g/mol. The Morgan fingerprint density at radius 3 is 2.38 bits per heavy atom. The number of nitrogens with zero attached hydrogens (tertiary/aromatic N) is 1. The first-order valence-electron chi connectivity index (χ1n) is 6.84. The second-order valence-corrected chi connectivity index (χ2v) is 5.49. The summed E-state index contributed by atoms with van der Waals surface area (Å²) in [7, 11) is 0. The number of aliphatic hydroxyl groups is 1. The Morgan fingerprint density at radius 1 is 1.05 bits per heavy atom. The predicted molar refractivity (Wildman–Crippen MR) is 78.4 cm³/mol. The summed E-state index contributed by atoms with van der Waals surface area (Å²) in [4.78, 5) is 15.6. The Balaban J connectivity index is 2.05. The molecular formula is C17H13NO3. The van der Waals surface area contributed by atoms with Crippen molar-refractivity contribution in [2.75, 3.05) is 0 Å². The van der Waals surface area contributed by atoms with Gasteiger partial charge in [0.2, 0.25) is 0 Å². The van der Waals surface area contributed by atoms with Gasteiger partial charge in [-0.3, -0.25) is 4.99 Å². The van der Waals surface area contributed by atoms with E-state index in [0.717, 1.165) is 22.3 Å². The first-order chi connectivity index (χ1) is 10.1. The second kappa shape index (κ2) is 4.02. The quantitative estimate of drug-likeness (QED) is 0.840. The predicted octanol–water partition coefficient (Wildman–Crippen LogP) is 2.20. The van der Waals surface area contributed by atoms with Crippen LogP contribution in [0.1, 0.15) is 17.5 Å². The smallest absolute Gasteiger partial charge is 0.328 e. The van der Waals surface area contributed by atoms with Gasteiger partial charge in [-0.05, 0) is 16.7 Å². The van der Waals surface area contributed by atoms with E-state index in [1.165, 1.54) is 0 Å². The first kappa shape index (κ1) is 12.3. The van der Waals surface area contributed by atoms with E-state index in [2.05, 4.69) is 4.99 Å². The minimum atomic E-state index is -1.31. The largest absolute Gasteiger partial charge is 0.480 e. The lowest BCUT2D eigenvalue weighted by molar-refractivity contribution is -0.139. The van der Waals surface area contributed by atoms with Crippen LogP contribution in [0.3, 0.4) is 0 Å². The summed E-state index contributed by atoms with van der Waals surface area (Å²) in [5, 5.41) is 20.4. The van der Waals surface area contributed by atoms with Gasteiger partial charge in [-0.25, -0.2) is 4.79 Å². The molecule has 2 aromatic rings. The van der Waals surface area contributed by atoms with Crippen LogP contribution in [0.2, 0.25) is 0 Å². The third-order valence-electron chi connectivity index (χ3n) is 4.30. The highest BCUT2D eigenvalue weighted by atomic mass is 16.4. The van der Waals surface area contributed by atoms with Crippen LogP contribution in [-0.4, -0.2) is 27.9 Å². The van der Waals surface area contributed by atoms with Crippen LogP contribution in [0.15, 0.2) is 53.5 Å². The topological polar surface area (TPSA) is 69.9 Å². The molecule has 0 radical (unpaired) electrons. The normalized spacial score (nSPS) is 25.6. The molecule has 2 aromatic carbocycles. The number of rotatable bonds is 1. The SMILES string of the molecule is O=C(O)[C@@H]1C[C@@]2(O)C(=N1)c1ccccc1-c1ccccc12. The third-order valence-corrected chi connectivity index (χ3v) is 4.30. The van der Waals surface area contributed by atoms with E-state index < -0.39 is 17.6 Å². The molecule has 2 N–H and O–H groups in total. The van der Waals surface area contributed by atoms with Gasteiger partial charge in [-0.2, -0.15) is 0 Å². The van der Waals surface area contributed by atoms with Gasteiger partial charge >= 0.3 is 5.97 Å². The zero-order valence-corrected chi connectivity index (χ0v) is 11.2. The summed E-state index contributed by atoms with van der Waals surface area (Å²) < 4.78 is 0. The zero-order valence-electron chi connectivity index (χ0n) is 11.2. The average Bonchev–Trinajstić information content (AvgIpc) is 2.87. The van der Waals surface area contributed by atoms with E-state index in [1.54, 1.807) is 0 Å². The average molecular weight is 279 g/mol. The number of fused-ring (bicyclic) bond motifs is 6. The minimum absolute atomic E-state index is 0.0863. The molecule has 1 aliphatic heterocycles. The summed E-state index contributed by atoms with van der Waals surface area (Å²) >= 11 is 0. The molecule has 4 rings (SSSR count). The molecule has 0 fully saturated rings. The summed E-state index contributed by atoms with van der Waals surface area (Å²) in [5.41, 5.74) is 2.66. The fraction of sp³-hybridized carbons (Fsp3) is 0.176. The summed E-state index contributed by atoms with van der Waals surface area (Å²) in [5.74, 6) is -1.000. The van der Waals surface area contributed by atoms with Crippen molar-refractivity contribution in [1.82, 2.24) is 0 Å². The van der Waals surface area contributed by atoms with Crippen molar-refractivity contribution in [3.63, 3.8) is 0 Å². The molecule has 2 atom stereocenters. The number of carbonyl (C=O) groups is 1. The molecule has 21 heavy (non-hydrogen) atoms. The monoisotopic (exact) mass is 279 g/mol. The number of aliphatic imine (C=N–C) groups is 1. The number of carboxylic acid groups (broad SMARTS) is 1. The van der Waals surface area contributed by atoms with Gasteiger partial charge in [0.25, 0.3) is 0 Å². The summed E-state index contributed by atoms with van der Waals surface area (Å²) in [6.45, 7) is 0. The van der Waals surface area contributed by atoms with Crippen molar-refractivity contribution in [1.29, 1.82) is 0 Å². The van der Waals surface area contributed by atoms with Crippen LogP contribution in [0, 0.1) is 0 Å².